The topological polar surface area (TPSA) is 38.1 Å². The molecule has 3 rings (SSSR count). The van der Waals surface area contributed by atoms with Gasteiger partial charge in [0.05, 0.1) is 0 Å². The molecule has 0 bridgehead atoms. The third-order valence-corrected chi connectivity index (χ3v) is 4.08. The Morgan fingerprint density at radius 2 is 1.77 bits per heavy atom. The Balaban J connectivity index is 2.04. The molecule has 0 saturated heterocycles. The molecule has 3 nitrogen and oxygen atoms in total. The Labute approximate surface area is 119 Å². The maximum absolute atomic E-state index is 13.5. The SMILES string of the molecule is OC1c2c(C(F)(F)F)nn(C[C@@H]3CC3(F)F)c2CCC1(F)F. The normalized spacial score (nSPS) is 29.3. The molecule has 1 N–H and O–H groups in total. The zero-order chi connectivity index (χ0) is 16.5. The average Bonchev–Trinajstić information content (AvgIpc) is 2.80. The number of aliphatic hydroxyl groups is 1. The zero-order valence-electron chi connectivity index (χ0n) is 11.0. The summed E-state index contributed by atoms with van der Waals surface area (Å²) in [5, 5.41) is 12.7. The highest BCUT2D eigenvalue weighted by Crippen LogP contribution is 2.51. The zero-order valence-corrected chi connectivity index (χ0v) is 11.0. The van der Waals surface area contributed by atoms with Crippen molar-refractivity contribution >= 4 is 0 Å². The summed E-state index contributed by atoms with van der Waals surface area (Å²) in [4.78, 5) is 0. The first-order valence-electron chi connectivity index (χ1n) is 6.54. The van der Waals surface area contributed by atoms with Crippen molar-refractivity contribution in [1.29, 1.82) is 0 Å². The quantitative estimate of drug-likeness (QED) is 0.845. The van der Waals surface area contributed by atoms with Gasteiger partial charge in [-0.3, -0.25) is 4.68 Å². The van der Waals surface area contributed by atoms with Gasteiger partial charge in [0.1, 0.15) is 6.10 Å². The van der Waals surface area contributed by atoms with E-state index in [9.17, 15) is 35.8 Å². The first-order valence-corrected chi connectivity index (χ1v) is 6.54. The van der Waals surface area contributed by atoms with Crippen LogP contribution in [0.3, 0.4) is 0 Å². The minimum atomic E-state index is -5.05. The molecule has 0 spiro atoms. The molecule has 22 heavy (non-hydrogen) atoms. The molecule has 1 heterocycles. The van der Waals surface area contributed by atoms with E-state index in [1.807, 2.05) is 0 Å². The summed E-state index contributed by atoms with van der Waals surface area (Å²) in [6.45, 7) is -0.482. The first-order chi connectivity index (χ1) is 9.93. The predicted octanol–water partition coefficient (Wildman–Crippen LogP) is 3.17. The van der Waals surface area contributed by atoms with E-state index in [1.54, 1.807) is 0 Å². The van der Waals surface area contributed by atoms with E-state index in [0.717, 1.165) is 0 Å². The van der Waals surface area contributed by atoms with Crippen LogP contribution in [0.2, 0.25) is 0 Å². The molecular weight excluding hydrogens is 321 g/mol. The number of aliphatic hydroxyl groups excluding tert-OH is 1. The van der Waals surface area contributed by atoms with Crippen LogP contribution in [0.1, 0.15) is 35.9 Å². The lowest BCUT2D eigenvalue weighted by Crippen LogP contribution is -2.33. The molecule has 1 fully saturated rings. The van der Waals surface area contributed by atoms with E-state index in [4.69, 9.17) is 0 Å². The number of aromatic nitrogens is 2. The van der Waals surface area contributed by atoms with Crippen LogP contribution in [0.4, 0.5) is 30.7 Å². The molecule has 0 aliphatic heterocycles. The monoisotopic (exact) mass is 332 g/mol. The summed E-state index contributed by atoms with van der Waals surface area (Å²) in [5.41, 5.74) is -2.86. The molecule has 0 aromatic carbocycles. The molecule has 1 aromatic heterocycles. The van der Waals surface area contributed by atoms with Crippen LogP contribution in [0.25, 0.3) is 0 Å². The largest absolute Gasteiger partial charge is 0.435 e. The minimum Gasteiger partial charge on any atom is -0.382 e. The minimum absolute atomic E-state index is 0.242. The standard InChI is InChI=1S/C12H11F7N2O/c13-10(14)2-1-6-7(9(10)22)8(12(17,18)19)20-21(6)4-5-3-11(5,15)16/h5,9,22H,1-4H2/t5-,9?/m0/s1. The Morgan fingerprint density at radius 1 is 1.18 bits per heavy atom. The molecule has 0 radical (unpaired) electrons. The van der Waals surface area contributed by atoms with Crippen LogP contribution >= 0.6 is 0 Å². The highest BCUT2D eigenvalue weighted by Gasteiger charge is 2.58. The van der Waals surface area contributed by atoms with Crippen LogP contribution in [0.15, 0.2) is 0 Å². The Hall–Kier alpha value is -1.32. The van der Waals surface area contributed by atoms with Crippen LogP contribution in [0, 0.1) is 5.92 Å². The van der Waals surface area contributed by atoms with Crippen molar-refractivity contribution in [1.82, 2.24) is 9.78 Å². The van der Waals surface area contributed by atoms with Gasteiger partial charge < -0.3 is 5.11 Å². The van der Waals surface area contributed by atoms with Gasteiger partial charge in [-0.2, -0.15) is 18.3 Å². The molecule has 2 atom stereocenters. The smallest absolute Gasteiger partial charge is 0.382 e. The highest BCUT2D eigenvalue weighted by atomic mass is 19.4. The van der Waals surface area contributed by atoms with E-state index in [-0.39, 0.29) is 5.69 Å². The van der Waals surface area contributed by atoms with Crippen LogP contribution in [-0.4, -0.2) is 26.7 Å². The van der Waals surface area contributed by atoms with E-state index in [1.165, 1.54) is 0 Å². The highest BCUT2D eigenvalue weighted by molar-refractivity contribution is 5.35. The number of hydrogen-bond donors (Lipinski definition) is 1. The van der Waals surface area contributed by atoms with E-state index >= 15 is 0 Å². The second-order valence-electron chi connectivity index (χ2n) is 5.71. The van der Waals surface area contributed by atoms with Gasteiger partial charge in [0.15, 0.2) is 5.69 Å². The Kier molecular flexibility index (Phi) is 3.09. The van der Waals surface area contributed by atoms with Crippen LogP contribution in [0.5, 0.6) is 0 Å². The molecule has 10 heteroatoms. The van der Waals surface area contributed by atoms with Gasteiger partial charge in [-0.15, -0.1) is 0 Å². The number of rotatable bonds is 2. The number of fused-ring (bicyclic) bond motifs is 1. The maximum Gasteiger partial charge on any atom is 0.435 e. The van der Waals surface area contributed by atoms with Crippen molar-refractivity contribution in [3.8, 4) is 0 Å². The van der Waals surface area contributed by atoms with E-state index < -0.39 is 67.1 Å². The van der Waals surface area contributed by atoms with Crippen molar-refractivity contribution in [3.63, 3.8) is 0 Å². The second kappa shape index (κ2) is 4.36. The Bertz CT molecular complexity index is 607. The van der Waals surface area contributed by atoms with Gasteiger partial charge in [-0.05, 0) is 6.42 Å². The van der Waals surface area contributed by atoms with Crippen molar-refractivity contribution in [2.24, 2.45) is 5.92 Å². The van der Waals surface area contributed by atoms with E-state index in [0.29, 0.717) is 4.68 Å². The van der Waals surface area contributed by atoms with Crippen molar-refractivity contribution < 1.29 is 35.8 Å². The number of halogens is 7. The van der Waals surface area contributed by atoms with Crippen molar-refractivity contribution in [2.75, 3.05) is 0 Å². The van der Waals surface area contributed by atoms with Crippen molar-refractivity contribution in [2.45, 2.75) is 49.9 Å². The second-order valence-corrected chi connectivity index (χ2v) is 5.71. The summed E-state index contributed by atoms with van der Waals surface area (Å²) >= 11 is 0. The van der Waals surface area contributed by atoms with Gasteiger partial charge in [0.25, 0.3) is 11.8 Å². The molecular formula is C12H11F7N2O. The maximum atomic E-state index is 13.5. The summed E-state index contributed by atoms with van der Waals surface area (Å²) < 4.78 is 92.3. The van der Waals surface area contributed by atoms with E-state index in [2.05, 4.69) is 5.10 Å². The van der Waals surface area contributed by atoms with Gasteiger partial charge in [-0.1, -0.05) is 0 Å². The lowest BCUT2D eigenvalue weighted by Gasteiger charge is -2.28. The molecule has 124 valence electrons. The summed E-state index contributed by atoms with van der Waals surface area (Å²) in [7, 11) is 0. The van der Waals surface area contributed by atoms with Gasteiger partial charge in [0.2, 0.25) is 0 Å². The van der Waals surface area contributed by atoms with Crippen molar-refractivity contribution in [3.05, 3.63) is 17.0 Å². The molecule has 2 aliphatic carbocycles. The number of nitrogens with zero attached hydrogens (tertiary/aromatic N) is 2. The Morgan fingerprint density at radius 3 is 2.27 bits per heavy atom. The third-order valence-electron chi connectivity index (χ3n) is 4.08. The molecule has 1 aromatic rings. The fourth-order valence-corrected chi connectivity index (χ4v) is 2.73. The molecule has 1 saturated carbocycles. The number of alkyl halides is 7. The summed E-state index contributed by atoms with van der Waals surface area (Å²) in [5.74, 6) is -7.82. The molecule has 1 unspecified atom stereocenters. The fourth-order valence-electron chi connectivity index (χ4n) is 2.73. The summed E-state index contributed by atoms with van der Waals surface area (Å²) in [6, 6.07) is 0. The van der Waals surface area contributed by atoms with Gasteiger partial charge >= 0.3 is 6.18 Å². The predicted molar refractivity (Wildman–Crippen MR) is 58.5 cm³/mol. The average molecular weight is 332 g/mol. The fraction of sp³-hybridized carbons (Fsp3) is 0.750. The lowest BCUT2D eigenvalue weighted by molar-refractivity contribution is -0.150. The number of hydrogen-bond acceptors (Lipinski definition) is 2. The molecule has 0 amide bonds. The first kappa shape index (κ1) is 15.6. The molecule has 2 aliphatic rings. The van der Waals surface area contributed by atoms with Gasteiger partial charge in [-0.25, -0.2) is 17.6 Å². The lowest BCUT2D eigenvalue weighted by atomic mass is 9.89. The van der Waals surface area contributed by atoms with Crippen LogP contribution in [-0.2, 0) is 19.1 Å². The van der Waals surface area contributed by atoms with Crippen LogP contribution < -0.4 is 0 Å². The summed E-state index contributed by atoms with van der Waals surface area (Å²) in [6.07, 6.45) is -9.47. The third kappa shape index (κ3) is 2.37. The van der Waals surface area contributed by atoms with Gasteiger partial charge in [0, 0.05) is 36.6 Å².